The third-order valence-corrected chi connectivity index (χ3v) is 3.14. The lowest BCUT2D eigenvalue weighted by Crippen LogP contribution is -2.05. The maximum absolute atomic E-state index is 12.6. The number of halogens is 6. The Morgan fingerprint density at radius 2 is 1.65 bits per heavy atom. The molecule has 0 aliphatic rings. The highest BCUT2D eigenvalue weighted by Crippen LogP contribution is 2.34. The van der Waals surface area contributed by atoms with E-state index in [9.17, 15) is 13.2 Å². The predicted molar refractivity (Wildman–Crippen MR) is 70.8 cm³/mol. The van der Waals surface area contributed by atoms with Gasteiger partial charge in [-0.3, -0.25) is 0 Å². The number of hydrogen-bond donors (Lipinski definition) is 0. The maximum Gasteiger partial charge on any atom is 0.416 e. The second-order valence-electron chi connectivity index (χ2n) is 3.69. The third-order valence-electron chi connectivity index (χ3n) is 2.21. The van der Waals surface area contributed by atoms with Crippen LogP contribution in [0, 0.1) is 0 Å². The predicted octanol–water partition coefficient (Wildman–Crippen LogP) is 5.85. The Morgan fingerprint density at radius 3 is 2.25 bits per heavy atom. The molecule has 2 aromatic rings. The van der Waals surface area contributed by atoms with E-state index in [0.29, 0.717) is 11.1 Å². The Morgan fingerprint density at radius 1 is 0.950 bits per heavy atom. The summed E-state index contributed by atoms with van der Waals surface area (Å²) in [5, 5.41) is 0.186. The quantitative estimate of drug-likeness (QED) is 0.638. The van der Waals surface area contributed by atoms with Crippen molar-refractivity contribution in [1.29, 1.82) is 0 Å². The second-order valence-corrected chi connectivity index (χ2v) is 4.89. The molecule has 1 aromatic heterocycles. The van der Waals surface area contributed by atoms with Crippen LogP contribution < -0.4 is 4.74 Å². The Labute approximate surface area is 127 Å². The topological polar surface area (TPSA) is 22.1 Å². The van der Waals surface area contributed by atoms with E-state index < -0.39 is 11.7 Å². The van der Waals surface area contributed by atoms with Crippen molar-refractivity contribution in [3.8, 4) is 11.6 Å². The molecule has 0 spiro atoms. The molecule has 0 aliphatic carbocycles. The van der Waals surface area contributed by atoms with E-state index in [0.717, 1.165) is 6.07 Å². The maximum atomic E-state index is 12.6. The van der Waals surface area contributed by atoms with Crippen LogP contribution in [0.2, 0.25) is 15.2 Å². The standard InChI is InChI=1S/C12H5Cl3F3NO/c13-8-2-1-7(5-9(8)14)20-11-4-6(12(16,17)18)3-10(15)19-11/h1-5H. The minimum atomic E-state index is -4.54. The molecule has 0 fully saturated rings. The van der Waals surface area contributed by atoms with Crippen molar-refractivity contribution in [2.45, 2.75) is 6.18 Å². The highest BCUT2D eigenvalue weighted by molar-refractivity contribution is 6.42. The van der Waals surface area contributed by atoms with Gasteiger partial charge in [-0.2, -0.15) is 13.2 Å². The molecule has 0 N–H and O–H groups in total. The van der Waals surface area contributed by atoms with E-state index in [1.807, 2.05) is 0 Å². The summed E-state index contributed by atoms with van der Waals surface area (Å²) in [6, 6.07) is 5.72. The molecule has 0 bridgehead atoms. The number of nitrogens with zero attached hydrogens (tertiary/aromatic N) is 1. The van der Waals surface area contributed by atoms with Gasteiger partial charge in [0.2, 0.25) is 5.88 Å². The third kappa shape index (κ3) is 3.69. The lowest BCUT2D eigenvalue weighted by atomic mass is 10.2. The van der Waals surface area contributed by atoms with Gasteiger partial charge in [0, 0.05) is 12.1 Å². The normalized spacial score (nSPS) is 11.5. The molecule has 1 heterocycles. The number of pyridine rings is 1. The van der Waals surface area contributed by atoms with Crippen LogP contribution in [0.4, 0.5) is 13.2 Å². The van der Waals surface area contributed by atoms with Crippen LogP contribution in [0.25, 0.3) is 0 Å². The largest absolute Gasteiger partial charge is 0.439 e. The van der Waals surface area contributed by atoms with Gasteiger partial charge in [0.25, 0.3) is 0 Å². The highest BCUT2D eigenvalue weighted by atomic mass is 35.5. The summed E-state index contributed by atoms with van der Waals surface area (Å²) in [6.07, 6.45) is -4.54. The molecule has 0 amide bonds. The van der Waals surface area contributed by atoms with E-state index in [4.69, 9.17) is 39.5 Å². The summed E-state index contributed by atoms with van der Waals surface area (Å²) in [7, 11) is 0. The molecular weight excluding hydrogens is 337 g/mol. The molecule has 20 heavy (non-hydrogen) atoms. The second kappa shape index (κ2) is 5.68. The van der Waals surface area contributed by atoms with Crippen LogP contribution in [0.3, 0.4) is 0 Å². The summed E-state index contributed by atoms with van der Waals surface area (Å²) in [5.74, 6) is -0.0921. The van der Waals surface area contributed by atoms with Gasteiger partial charge in [-0.15, -0.1) is 0 Å². The van der Waals surface area contributed by atoms with Crippen molar-refractivity contribution < 1.29 is 17.9 Å². The van der Waals surface area contributed by atoms with Gasteiger partial charge >= 0.3 is 6.18 Å². The first-order valence-electron chi connectivity index (χ1n) is 5.13. The van der Waals surface area contributed by atoms with E-state index in [1.54, 1.807) is 0 Å². The van der Waals surface area contributed by atoms with Crippen LogP contribution in [-0.4, -0.2) is 4.98 Å². The van der Waals surface area contributed by atoms with E-state index in [2.05, 4.69) is 4.98 Å². The number of aromatic nitrogens is 1. The first-order valence-corrected chi connectivity index (χ1v) is 6.27. The molecule has 0 radical (unpaired) electrons. The number of benzene rings is 1. The molecule has 0 saturated carbocycles. The van der Waals surface area contributed by atoms with Gasteiger partial charge in [0.1, 0.15) is 10.9 Å². The summed E-state index contributed by atoms with van der Waals surface area (Å²) in [6.45, 7) is 0. The van der Waals surface area contributed by atoms with E-state index in [-0.39, 0.29) is 21.8 Å². The molecule has 1 aromatic carbocycles. The van der Waals surface area contributed by atoms with Crippen molar-refractivity contribution in [2.75, 3.05) is 0 Å². The van der Waals surface area contributed by atoms with Crippen molar-refractivity contribution in [2.24, 2.45) is 0 Å². The fraction of sp³-hybridized carbons (Fsp3) is 0.0833. The molecule has 106 valence electrons. The van der Waals surface area contributed by atoms with E-state index >= 15 is 0 Å². The van der Waals surface area contributed by atoms with Gasteiger partial charge in [-0.25, -0.2) is 4.98 Å². The fourth-order valence-corrected chi connectivity index (χ4v) is 1.84. The van der Waals surface area contributed by atoms with Crippen molar-refractivity contribution in [3.63, 3.8) is 0 Å². The van der Waals surface area contributed by atoms with Crippen molar-refractivity contribution in [3.05, 3.63) is 51.1 Å². The molecular formula is C12H5Cl3F3NO. The lowest BCUT2D eigenvalue weighted by Gasteiger charge is -2.10. The Hall–Kier alpha value is -1.17. The van der Waals surface area contributed by atoms with Crippen molar-refractivity contribution in [1.82, 2.24) is 4.98 Å². The fourth-order valence-electron chi connectivity index (χ4n) is 1.35. The SMILES string of the molecule is FC(F)(F)c1cc(Cl)nc(Oc2ccc(Cl)c(Cl)c2)c1. The zero-order valence-electron chi connectivity index (χ0n) is 9.51. The van der Waals surface area contributed by atoms with Crippen LogP contribution in [-0.2, 0) is 6.18 Å². The Kier molecular flexibility index (Phi) is 4.32. The minimum Gasteiger partial charge on any atom is -0.439 e. The molecule has 2 nitrogen and oxygen atoms in total. The van der Waals surface area contributed by atoms with Gasteiger partial charge in [-0.05, 0) is 18.2 Å². The first-order chi connectivity index (χ1) is 9.25. The lowest BCUT2D eigenvalue weighted by molar-refractivity contribution is -0.137. The molecule has 2 rings (SSSR count). The number of hydrogen-bond acceptors (Lipinski definition) is 2. The van der Waals surface area contributed by atoms with Gasteiger partial charge < -0.3 is 4.74 Å². The number of rotatable bonds is 2. The van der Waals surface area contributed by atoms with Gasteiger partial charge in [0.05, 0.1) is 15.6 Å². The van der Waals surface area contributed by atoms with Crippen LogP contribution in [0.1, 0.15) is 5.56 Å². The van der Waals surface area contributed by atoms with Gasteiger partial charge in [0.15, 0.2) is 0 Å². The average Bonchev–Trinajstić information content (AvgIpc) is 2.32. The molecule has 8 heteroatoms. The first kappa shape index (κ1) is 15.2. The molecule has 0 unspecified atom stereocenters. The zero-order chi connectivity index (χ0) is 14.9. The molecule has 0 atom stereocenters. The number of alkyl halides is 3. The van der Waals surface area contributed by atoms with Crippen LogP contribution >= 0.6 is 34.8 Å². The van der Waals surface area contributed by atoms with Crippen LogP contribution in [0.5, 0.6) is 11.6 Å². The minimum absolute atomic E-state index is 0.197. The summed E-state index contributed by atoms with van der Waals surface area (Å²) >= 11 is 17.0. The molecule has 0 saturated heterocycles. The van der Waals surface area contributed by atoms with Gasteiger partial charge in [-0.1, -0.05) is 34.8 Å². The summed E-state index contributed by atoms with van der Waals surface area (Å²) < 4.78 is 43.1. The number of ether oxygens (including phenoxy) is 1. The van der Waals surface area contributed by atoms with E-state index in [1.165, 1.54) is 18.2 Å². The monoisotopic (exact) mass is 341 g/mol. The smallest absolute Gasteiger partial charge is 0.416 e. The highest BCUT2D eigenvalue weighted by Gasteiger charge is 2.31. The summed E-state index contributed by atoms with van der Waals surface area (Å²) in [5.41, 5.74) is -0.951. The Bertz CT molecular complexity index is 646. The molecule has 0 aliphatic heterocycles. The van der Waals surface area contributed by atoms with Crippen molar-refractivity contribution >= 4 is 34.8 Å². The zero-order valence-corrected chi connectivity index (χ0v) is 11.8. The van der Waals surface area contributed by atoms with Crippen LogP contribution in [0.15, 0.2) is 30.3 Å². The summed E-state index contributed by atoms with van der Waals surface area (Å²) in [4.78, 5) is 3.66. The Balaban J connectivity index is 2.33. The average molecular weight is 343 g/mol.